The molecule has 0 aromatic heterocycles. The van der Waals surface area contributed by atoms with Crippen molar-refractivity contribution in [2.24, 2.45) is 17.6 Å². The van der Waals surface area contributed by atoms with Crippen LogP contribution in [-0.2, 0) is 9.59 Å². The quantitative estimate of drug-likeness (QED) is 0.790. The van der Waals surface area contributed by atoms with Crippen LogP contribution in [0.2, 0.25) is 0 Å². The van der Waals surface area contributed by atoms with Gasteiger partial charge in [0.15, 0.2) is 0 Å². The highest BCUT2D eigenvalue weighted by Gasteiger charge is 2.31. The van der Waals surface area contributed by atoms with Crippen molar-refractivity contribution in [3.8, 4) is 0 Å². The molecule has 1 saturated heterocycles. The van der Waals surface area contributed by atoms with E-state index in [2.05, 4.69) is 5.32 Å². The first-order chi connectivity index (χ1) is 8.82. The number of hydrogen-bond acceptors (Lipinski definition) is 3. The van der Waals surface area contributed by atoms with Crippen LogP contribution in [0.15, 0.2) is 0 Å². The summed E-state index contributed by atoms with van der Waals surface area (Å²) in [6.45, 7) is 8.82. The second-order valence-corrected chi connectivity index (χ2v) is 5.97. The lowest BCUT2D eigenvalue weighted by atomic mass is 9.91. The molecular weight excluding hydrogens is 242 g/mol. The maximum atomic E-state index is 12.5. The fraction of sp³-hybridized carbons (Fsp3) is 0.857. The normalized spacial score (nSPS) is 23.1. The molecule has 0 saturated carbocycles. The zero-order valence-corrected chi connectivity index (χ0v) is 12.5. The van der Waals surface area contributed by atoms with Crippen molar-refractivity contribution in [1.29, 1.82) is 0 Å². The minimum absolute atomic E-state index is 0.0237. The molecule has 0 aliphatic carbocycles. The van der Waals surface area contributed by atoms with E-state index in [0.717, 1.165) is 19.4 Å². The molecule has 0 aromatic rings. The minimum atomic E-state index is -0.427. The number of amides is 2. The van der Waals surface area contributed by atoms with Crippen molar-refractivity contribution in [3.63, 3.8) is 0 Å². The van der Waals surface area contributed by atoms with Crippen LogP contribution in [0.4, 0.5) is 0 Å². The first-order valence-electron chi connectivity index (χ1n) is 7.14. The highest BCUT2D eigenvalue weighted by molar-refractivity contribution is 5.87. The second-order valence-electron chi connectivity index (χ2n) is 5.97. The first kappa shape index (κ1) is 16.0. The van der Waals surface area contributed by atoms with Crippen LogP contribution in [0.3, 0.4) is 0 Å². The van der Waals surface area contributed by atoms with E-state index >= 15 is 0 Å². The standard InChI is InChI=1S/C14H27N3O2/c1-9(2)13(16-11(4)18)14(19)17-7-5-6-12(8-17)10(3)15/h9-10,12-13H,5-8,15H2,1-4H3,(H,16,18). The SMILES string of the molecule is CC(=O)NC(C(=O)N1CCCC(C(C)N)C1)C(C)C. The molecule has 1 rings (SSSR count). The molecule has 3 atom stereocenters. The number of nitrogens with two attached hydrogens (primary N) is 1. The summed E-state index contributed by atoms with van der Waals surface area (Å²) in [5.74, 6) is 0.318. The molecule has 3 N–H and O–H groups in total. The lowest BCUT2D eigenvalue weighted by Gasteiger charge is -2.37. The highest BCUT2D eigenvalue weighted by Crippen LogP contribution is 2.20. The number of nitrogens with one attached hydrogen (secondary N) is 1. The summed E-state index contributed by atoms with van der Waals surface area (Å²) in [5, 5.41) is 2.76. The molecule has 1 aliphatic heterocycles. The Kier molecular flexibility index (Phi) is 5.79. The van der Waals surface area contributed by atoms with Crippen LogP contribution in [-0.4, -0.2) is 41.9 Å². The number of piperidine rings is 1. The van der Waals surface area contributed by atoms with Gasteiger partial charge < -0.3 is 16.0 Å². The van der Waals surface area contributed by atoms with Crippen molar-refractivity contribution in [2.75, 3.05) is 13.1 Å². The molecule has 0 radical (unpaired) electrons. The maximum Gasteiger partial charge on any atom is 0.245 e. The van der Waals surface area contributed by atoms with E-state index in [0.29, 0.717) is 12.5 Å². The summed E-state index contributed by atoms with van der Waals surface area (Å²) in [4.78, 5) is 25.6. The summed E-state index contributed by atoms with van der Waals surface area (Å²) < 4.78 is 0. The van der Waals surface area contributed by atoms with E-state index < -0.39 is 6.04 Å². The number of carbonyl (C=O) groups is 2. The van der Waals surface area contributed by atoms with E-state index in [9.17, 15) is 9.59 Å². The Bertz CT molecular complexity index is 329. The van der Waals surface area contributed by atoms with Gasteiger partial charge in [-0.3, -0.25) is 9.59 Å². The highest BCUT2D eigenvalue weighted by atomic mass is 16.2. The van der Waals surface area contributed by atoms with E-state index in [4.69, 9.17) is 5.73 Å². The van der Waals surface area contributed by atoms with Gasteiger partial charge in [-0.05, 0) is 31.6 Å². The Morgan fingerprint density at radius 2 is 1.95 bits per heavy atom. The average Bonchev–Trinajstić information content (AvgIpc) is 2.34. The monoisotopic (exact) mass is 269 g/mol. The van der Waals surface area contributed by atoms with E-state index in [1.165, 1.54) is 6.92 Å². The van der Waals surface area contributed by atoms with Crippen LogP contribution in [0.5, 0.6) is 0 Å². The Labute approximate surface area is 115 Å². The molecule has 19 heavy (non-hydrogen) atoms. The molecule has 5 heteroatoms. The van der Waals surface area contributed by atoms with Gasteiger partial charge in [-0.2, -0.15) is 0 Å². The van der Waals surface area contributed by atoms with Gasteiger partial charge >= 0.3 is 0 Å². The smallest absolute Gasteiger partial charge is 0.245 e. The summed E-state index contributed by atoms with van der Waals surface area (Å²) in [6.07, 6.45) is 2.07. The summed E-state index contributed by atoms with van der Waals surface area (Å²) >= 11 is 0. The number of likely N-dealkylation sites (tertiary alicyclic amines) is 1. The summed E-state index contributed by atoms with van der Waals surface area (Å²) in [5.41, 5.74) is 5.94. The van der Waals surface area contributed by atoms with E-state index in [-0.39, 0.29) is 23.8 Å². The van der Waals surface area contributed by atoms with Crippen molar-refractivity contribution >= 4 is 11.8 Å². The molecule has 0 aromatic carbocycles. The Morgan fingerprint density at radius 1 is 1.32 bits per heavy atom. The third-order valence-corrected chi connectivity index (χ3v) is 3.80. The van der Waals surface area contributed by atoms with Gasteiger partial charge in [0, 0.05) is 26.1 Å². The molecule has 1 aliphatic rings. The van der Waals surface area contributed by atoms with Gasteiger partial charge in [-0.1, -0.05) is 13.8 Å². The third-order valence-electron chi connectivity index (χ3n) is 3.80. The molecule has 5 nitrogen and oxygen atoms in total. The van der Waals surface area contributed by atoms with Gasteiger partial charge in [0.05, 0.1) is 0 Å². The Hall–Kier alpha value is -1.10. The Morgan fingerprint density at radius 3 is 2.42 bits per heavy atom. The molecule has 0 bridgehead atoms. The average molecular weight is 269 g/mol. The number of hydrogen-bond donors (Lipinski definition) is 2. The summed E-state index contributed by atoms with van der Waals surface area (Å²) in [7, 11) is 0. The van der Waals surface area contributed by atoms with Crippen molar-refractivity contribution in [3.05, 3.63) is 0 Å². The van der Waals surface area contributed by atoms with Crippen LogP contribution >= 0.6 is 0 Å². The number of carbonyl (C=O) groups excluding carboxylic acids is 2. The van der Waals surface area contributed by atoms with Crippen LogP contribution < -0.4 is 11.1 Å². The van der Waals surface area contributed by atoms with E-state index in [1.54, 1.807) is 0 Å². The molecule has 1 heterocycles. The number of rotatable bonds is 4. The molecule has 0 spiro atoms. The van der Waals surface area contributed by atoms with E-state index in [1.807, 2.05) is 25.7 Å². The van der Waals surface area contributed by atoms with Gasteiger partial charge in [0.1, 0.15) is 6.04 Å². The first-order valence-corrected chi connectivity index (χ1v) is 7.14. The third kappa shape index (κ3) is 4.49. The Balaban J connectivity index is 2.70. The van der Waals surface area contributed by atoms with Crippen LogP contribution in [0.1, 0.15) is 40.5 Å². The van der Waals surface area contributed by atoms with Crippen molar-refractivity contribution < 1.29 is 9.59 Å². The number of nitrogens with zero attached hydrogens (tertiary/aromatic N) is 1. The van der Waals surface area contributed by atoms with Crippen LogP contribution in [0.25, 0.3) is 0 Å². The lowest BCUT2D eigenvalue weighted by Crippen LogP contribution is -2.54. The summed E-state index contributed by atoms with van der Waals surface area (Å²) in [6, 6.07) is -0.321. The molecule has 2 amide bonds. The van der Waals surface area contributed by atoms with Crippen molar-refractivity contribution in [1.82, 2.24) is 10.2 Å². The fourth-order valence-corrected chi connectivity index (χ4v) is 2.57. The van der Waals surface area contributed by atoms with Gasteiger partial charge in [0.2, 0.25) is 11.8 Å². The predicted octanol–water partition coefficient (Wildman–Crippen LogP) is 0.733. The largest absolute Gasteiger partial charge is 0.344 e. The molecular formula is C14H27N3O2. The van der Waals surface area contributed by atoms with Crippen LogP contribution in [0, 0.1) is 11.8 Å². The molecule has 110 valence electrons. The zero-order chi connectivity index (χ0) is 14.6. The molecule has 1 fully saturated rings. The van der Waals surface area contributed by atoms with Gasteiger partial charge in [-0.25, -0.2) is 0 Å². The minimum Gasteiger partial charge on any atom is -0.344 e. The van der Waals surface area contributed by atoms with Gasteiger partial charge in [0.25, 0.3) is 0 Å². The fourth-order valence-electron chi connectivity index (χ4n) is 2.57. The zero-order valence-electron chi connectivity index (χ0n) is 12.5. The predicted molar refractivity (Wildman–Crippen MR) is 75.4 cm³/mol. The second kappa shape index (κ2) is 6.89. The molecule has 3 unspecified atom stereocenters. The maximum absolute atomic E-state index is 12.5. The lowest BCUT2D eigenvalue weighted by molar-refractivity contribution is -0.139. The van der Waals surface area contributed by atoms with Gasteiger partial charge in [-0.15, -0.1) is 0 Å². The topological polar surface area (TPSA) is 75.4 Å². The van der Waals surface area contributed by atoms with Crippen molar-refractivity contribution in [2.45, 2.75) is 52.6 Å².